The second kappa shape index (κ2) is 11.8. The maximum atomic E-state index is 12.8. The van der Waals surface area contributed by atoms with Crippen molar-refractivity contribution in [2.24, 2.45) is 0 Å². The number of nitrogens with one attached hydrogen (secondary N) is 1. The van der Waals surface area contributed by atoms with Crippen LogP contribution < -0.4 is 4.72 Å². The van der Waals surface area contributed by atoms with Crippen LogP contribution in [0.1, 0.15) is 50.7 Å². The predicted octanol–water partition coefficient (Wildman–Crippen LogP) is 2.76. The summed E-state index contributed by atoms with van der Waals surface area (Å²) >= 11 is 0. The zero-order chi connectivity index (χ0) is 19.5. The molecule has 1 N–H and O–H groups in total. The summed E-state index contributed by atoms with van der Waals surface area (Å²) in [6, 6.07) is 8.09. The minimum absolute atomic E-state index is 0.331. The molecule has 1 aromatic rings. The molecule has 27 heavy (non-hydrogen) atoms. The normalized spacial score (nSPS) is 16.1. The van der Waals surface area contributed by atoms with Crippen molar-refractivity contribution < 1.29 is 13.2 Å². The molecule has 1 aromatic carbocycles. The maximum absolute atomic E-state index is 12.8. The summed E-state index contributed by atoms with van der Waals surface area (Å²) < 4.78 is 35.4. The lowest BCUT2D eigenvalue weighted by molar-refractivity contribution is 0.0341. The predicted molar refractivity (Wildman–Crippen MR) is 110 cm³/mol. The van der Waals surface area contributed by atoms with Gasteiger partial charge in [0.2, 0.25) is 0 Å². The largest absolute Gasteiger partial charge is 0.379 e. The molecular weight excluding hydrogens is 362 g/mol. The average Bonchev–Trinajstić information content (AvgIpc) is 2.68. The molecule has 0 radical (unpaired) electrons. The van der Waals surface area contributed by atoms with Crippen LogP contribution in [-0.4, -0.2) is 57.0 Å². The van der Waals surface area contributed by atoms with E-state index in [4.69, 9.17) is 4.74 Å². The lowest BCUT2D eigenvalue weighted by atomic mass is 10.1. The van der Waals surface area contributed by atoms with E-state index in [0.717, 1.165) is 64.1 Å². The van der Waals surface area contributed by atoms with Gasteiger partial charge in [0.15, 0.2) is 0 Å². The number of unbranched alkanes of at least 4 members (excludes halogenated alkanes) is 2. The van der Waals surface area contributed by atoms with E-state index in [1.165, 1.54) is 5.56 Å². The minimum Gasteiger partial charge on any atom is -0.379 e. The Morgan fingerprint density at radius 1 is 1.04 bits per heavy atom. The van der Waals surface area contributed by atoms with Gasteiger partial charge in [0.25, 0.3) is 10.2 Å². The van der Waals surface area contributed by atoms with E-state index in [1.807, 2.05) is 18.2 Å². The van der Waals surface area contributed by atoms with E-state index in [0.29, 0.717) is 19.6 Å². The Labute approximate surface area is 165 Å². The summed E-state index contributed by atoms with van der Waals surface area (Å²) in [5.41, 5.74) is 2.22. The molecule has 7 heteroatoms. The average molecular weight is 398 g/mol. The smallest absolute Gasteiger partial charge is 0.279 e. The minimum atomic E-state index is -3.47. The van der Waals surface area contributed by atoms with Crippen molar-refractivity contribution in [3.05, 3.63) is 35.4 Å². The second-order valence-electron chi connectivity index (χ2n) is 7.09. The van der Waals surface area contributed by atoms with Gasteiger partial charge in [0, 0.05) is 39.3 Å². The fourth-order valence-corrected chi connectivity index (χ4v) is 4.43. The van der Waals surface area contributed by atoms with Crippen molar-refractivity contribution in [3.8, 4) is 0 Å². The Bertz CT molecular complexity index is 638. The van der Waals surface area contributed by atoms with E-state index in [-0.39, 0.29) is 0 Å². The molecule has 1 heterocycles. The van der Waals surface area contributed by atoms with E-state index in [9.17, 15) is 8.42 Å². The van der Waals surface area contributed by atoms with Crippen LogP contribution in [0.2, 0.25) is 0 Å². The fraction of sp³-hybridized carbons (Fsp3) is 0.700. The van der Waals surface area contributed by atoms with Gasteiger partial charge in [0.1, 0.15) is 0 Å². The maximum Gasteiger partial charge on any atom is 0.279 e. The van der Waals surface area contributed by atoms with Crippen LogP contribution in [0, 0.1) is 0 Å². The van der Waals surface area contributed by atoms with Crippen molar-refractivity contribution in [2.75, 3.05) is 39.4 Å². The second-order valence-corrected chi connectivity index (χ2v) is 8.84. The molecule has 2 rings (SSSR count). The molecule has 1 aliphatic rings. The summed E-state index contributed by atoms with van der Waals surface area (Å²) in [4.78, 5) is 2.35. The molecule has 0 unspecified atom stereocenters. The number of hydrogen-bond donors (Lipinski definition) is 1. The lowest BCUT2D eigenvalue weighted by Gasteiger charge is -2.27. The molecule has 1 aliphatic heterocycles. The third-order valence-corrected chi connectivity index (χ3v) is 6.48. The lowest BCUT2D eigenvalue weighted by Crippen LogP contribution is -2.41. The first kappa shape index (κ1) is 22.3. The van der Waals surface area contributed by atoms with Crippen molar-refractivity contribution in [1.82, 2.24) is 13.9 Å². The van der Waals surface area contributed by atoms with Crippen LogP contribution in [0.5, 0.6) is 0 Å². The number of hydrogen-bond acceptors (Lipinski definition) is 4. The zero-order valence-electron chi connectivity index (χ0n) is 16.8. The highest BCUT2D eigenvalue weighted by Crippen LogP contribution is 2.14. The fourth-order valence-electron chi connectivity index (χ4n) is 3.17. The van der Waals surface area contributed by atoms with Crippen LogP contribution in [0.15, 0.2) is 24.3 Å². The highest BCUT2D eigenvalue weighted by molar-refractivity contribution is 7.87. The highest BCUT2D eigenvalue weighted by Gasteiger charge is 2.21. The molecule has 6 nitrogen and oxygen atoms in total. The van der Waals surface area contributed by atoms with Crippen molar-refractivity contribution in [2.45, 2.75) is 52.6 Å². The van der Waals surface area contributed by atoms with Crippen LogP contribution in [-0.2, 0) is 28.0 Å². The molecule has 0 saturated carbocycles. The number of rotatable bonds is 12. The number of ether oxygens (including phenoxy) is 1. The Balaban J connectivity index is 2.00. The standard InChI is InChI=1S/C20H35N3O3S/c1-3-5-11-23(12-6-4-2)27(24,25)21-17-19-9-7-8-10-20(19)18-22-13-15-26-16-14-22/h7-10,21H,3-6,11-18H2,1-2H3. The Morgan fingerprint density at radius 3 is 2.22 bits per heavy atom. The van der Waals surface area contributed by atoms with Gasteiger partial charge in [-0.25, -0.2) is 0 Å². The molecule has 154 valence electrons. The summed E-state index contributed by atoms with van der Waals surface area (Å²) in [5, 5.41) is 0. The number of nitrogens with zero attached hydrogens (tertiary/aromatic N) is 2. The van der Waals surface area contributed by atoms with Gasteiger partial charge >= 0.3 is 0 Å². The number of morpholine rings is 1. The third kappa shape index (κ3) is 7.50. The van der Waals surface area contributed by atoms with E-state index >= 15 is 0 Å². The summed E-state index contributed by atoms with van der Waals surface area (Å²) in [6.45, 7) is 9.86. The van der Waals surface area contributed by atoms with Gasteiger partial charge in [-0.2, -0.15) is 17.4 Å². The summed E-state index contributed by atoms with van der Waals surface area (Å²) in [7, 11) is -3.47. The molecule has 0 aromatic heterocycles. The Kier molecular flexibility index (Phi) is 9.72. The SMILES string of the molecule is CCCCN(CCCC)S(=O)(=O)NCc1ccccc1CN1CCOCC1. The molecule has 0 spiro atoms. The van der Waals surface area contributed by atoms with Gasteiger partial charge < -0.3 is 4.74 Å². The van der Waals surface area contributed by atoms with Crippen LogP contribution in [0.3, 0.4) is 0 Å². The van der Waals surface area contributed by atoms with Crippen molar-refractivity contribution in [1.29, 1.82) is 0 Å². The molecule has 0 bridgehead atoms. The Morgan fingerprint density at radius 2 is 1.63 bits per heavy atom. The number of benzene rings is 1. The van der Waals surface area contributed by atoms with Gasteiger partial charge in [-0.3, -0.25) is 4.90 Å². The molecule has 1 saturated heterocycles. The molecule has 0 aliphatic carbocycles. The van der Waals surface area contributed by atoms with Gasteiger partial charge in [-0.15, -0.1) is 0 Å². The first-order chi connectivity index (χ1) is 13.1. The third-order valence-electron chi connectivity index (χ3n) is 4.92. The van der Waals surface area contributed by atoms with Gasteiger partial charge in [0.05, 0.1) is 13.2 Å². The summed E-state index contributed by atoms with van der Waals surface area (Å²) in [5.74, 6) is 0. The first-order valence-electron chi connectivity index (χ1n) is 10.2. The van der Waals surface area contributed by atoms with Gasteiger partial charge in [-0.1, -0.05) is 51.0 Å². The molecule has 1 fully saturated rings. The van der Waals surface area contributed by atoms with Crippen molar-refractivity contribution in [3.63, 3.8) is 0 Å². The topological polar surface area (TPSA) is 61.9 Å². The van der Waals surface area contributed by atoms with Crippen LogP contribution in [0.4, 0.5) is 0 Å². The van der Waals surface area contributed by atoms with E-state index in [2.05, 4.69) is 29.5 Å². The quantitative estimate of drug-likeness (QED) is 0.589. The first-order valence-corrected chi connectivity index (χ1v) is 11.6. The van der Waals surface area contributed by atoms with Crippen LogP contribution in [0.25, 0.3) is 0 Å². The van der Waals surface area contributed by atoms with E-state index in [1.54, 1.807) is 4.31 Å². The van der Waals surface area contributed by atoms with Crippen LogP contribution >= 0.6 is 0 Å². The van der Waals surface area contributed by atoms with E-state index < -0.39 is 10.2 Å². The molecule has 0 amide bonds. The molecular formula is C20H35N3O3S. The summed E-state index contributed by atoms with van der Waals surface area (Å²) in [6.07, 6.45) is 3.75. The molecule has 0 atom stereocenters. The van der Waals surface area contributed by atoms with Crippen molar-refractivity contribution >= 4 is 10.2 Å². The zero-order valence-corrected chi connectivity index (χ0v) is 17.6. The van der Waals surface area contributed by atoms with Gasteiger partial charge in [-0.05, 0) is 24.0 Å². The monoisotopic (exact) mass is 397 g/mol. The Hall–Kier alpha value is -0.990. The highest BCUT2D eigenvalue weighted by atomic mass is 32.2.